The van der Waals surface area contributed by atoms with Gasteiger partial charge < -0.3 is 9.47 Å². The summed E-state index contributed by atoms with van der Waals surface area (Å²) in [6.45, 7) is 5.21. The van der Waals surface area contributed by atoms with E-state index < -0.39 is 10.0 Å². The molecule has 154 valence electrons. The maximum atomic E-state index is 12.6. The number of fused-ring (bicyclic) bond motifs is 1. The Bertz CT molecular complexity index is 1160. The topological polar surface area (TPSA) is 98.3 Å². The van der Waals surface area contributed by atoms with Crippen LogP contribution in [0.3, 0.4) is 0 Å². The lowest BCUT2D eigenvalue weighted by atomic mass is 10.1. The summed E-state index contributed by atoms with van der Waals surface area (Å²) in [5.74, 6) is 0.242. The highest BCUT2D eigenvalue weighted by Gasteiger charge is 2.17. The van der Waals surface area contributed by atoms with E-state index in [-0.39, 0.29) is 16.6 Å². The minimum atomic E-state index is -3.79. The Balaban J connectivity index is 1.75. The van der Waals surface area contributed by atoms with E-state index in [9.17, 15) is 13.2 Å². The van der Waals surface area contributed by atoms with Gasteiger partial charge in [-0.1, -0.05) is 36.0 Å². The molecular formula is C20H24N4O3S2. The SMILES string of the molecule is CCn1c(SCC(=O)N(C)Cc2ccccc2C)nc2cc(S(N)(=O)=O)ccc21. The number of primary sulfonamides is 1. The third-order valence-electron chi connectivity index (χ3n) is 4.75. The van der Waals surface area contributed by atoms with Crippen molar-refractivity contribution in [2.24, 2.45) is 5.14 Å². The lowest BCUT2D eigenvalue weighted by Gasteiger charge is -2.18. The number of carbonyl (C=O) groups excluding carboxylic acids is 1. The highest BCUT2D eigenvalue weighted by molar-refractivity contribution is 7.99. The first-order valence-electron chi connectivity index (χ1n) is 9.15. The van der Waals surface area contributed by atoms with Crippen LogP contribution in [-0.2, 0) is 27.9 Å². The zero-order valence-corrected chi connectivity index (χ0v) is 18.3. The van der Waals surface area contributed by atoms with E-state index in [1.165, 1.54) is 23.9 Å². The van der Waals surface area contributed by atoms with Gasteiger partial charge >= 0.3 is 0 Å². The second kappa shape index (κ2) is 8.56. The van der Waals surface area contributed by atoms with Gasteiger partial charge in [0.2, 0.25) is 15.9 Å². The number of hydrogen-bond donors (Lipinski definition) is 1. The van der Waals surface area contributed by atoms with Crippen LogP contribution in [0.15, 0.2) is 52.5 Å². The quantitative estimate of drug-likeness (QED) is 0.579. The van der Waals surface area contributed by atoms with Crippen LogP contribution in [0, 0.1) is 6.92 Å². The van der Waals surface area contributed by atoms with Crippen LogP contribution in [-0.4, -0.2) is 41.6 Å². The van der Waals surface area contributed by atoms with Gasteiger partial charge in [-0.3, -0.25) is 4.79 Å². The monoisotopic (exact) mass is 432 g/mol. The molecule has 29 heavy (non-hydrogen) atoms. The molecule has 0 unspecified atom stereocenters. The minimum Gasteiger partial charge on any atom is -0.341 e. The van der Waals surface area contributed by atoms with Crippen molar-refractivity contribution in [1.29, 1.82) is 0 Å². The van der Waals surface area contributed by atoms with Crippen LogP contribution in [0.25, 0.3) is 11.0 Å². The molecule has 0 aliphatic carbocycles. The van der Waals surface area contributed by atoms with Gasteiger partial charge in [0.1, 0.15) is 0 Å². The van der Waals surface area contributed by atoms with Gasteiger partial charge in [-0.25, -0.2) is 18.5 Å². The third kappa shape index (κ3) is 4.80. The van der Waals surface area contributed by atoms with Crippen LogP contribution in [0.4, 0.5) is 0 Å². The Labute approximate surface area is 175 Å². The van der Waals surface area contributed by atoms with Crippen LogP contribution >= 0.6 is 11.8 Å². The molecule has 0 fully saturated rings. The summed E-state index contributed by atoms with van der Waals surface area (Å²) in [4.78, 5) is 18.9. The van der Waals surface area contributed by atoms with E-state index in [4.69, 9.17) is 5.14 Å². The summed E-state index contributed by atoms with van der Waals surface area (Å²) in [6.07, 6.45) is 0. The number of rotatable bonds is 7. The fourth-order valence-corrected chi connectivity index (χ4v) is 4.60. The molecule has 0 spiro atoms. The number of sulfonamides is 1. The van der Waals surface area contributed by atoms with Crippen LogP contribution in [0.1, 0.15) is 18.1 Å². The Morgan fingerprint density at radius 2 is 1.97 bits per heavy atom. The van der Waals surface area contributed by atoms with E-state index >= 15 is 0 Å². The van der Waals surface area contributed by atoms with E-state index in [2.05, 4.69) is 4.98 Å². The Kier molecular flexibility index (Phi) is 6.30. The zero-order chi connectivity index (χ0) is 21.2. The molecule has 2 aromatic carbocycles. The first kappa shape index (κ1) is 21.4. The molecule has 0 saturated heterocycles. The smallest absolute Gasteiger partial charge is 0.238 e. The molecule has 7 nitrogen and oxygen atoms in total. The number of amides is 1. The average molecular weight is 433 g/mol. The van der Waals surface area contributed by atoms with E-state index in [0.29, 0.717) is 23.8 Å². The number of nitrogens with zero attached hydrogens (tertiary/aromatic N) is 3. The summed E-state index contributed by atoms with van der Waals surface area (Å²) in [5, 5.41) is 5.89. The van der Waals surface area contributed by atoms with Crippen LogP contribution < -0.4 is 5.14 Å². The number of aromatic nitrogens is 2. The van der Waals surface area contributed by atoms with Crippen molar-refractivity contribution in [3.05, 3.63) is 53.6 Å². The third-order valence-corrected chi connectivity index (χ3v) is 6.62. The largest absolute Gasteiger partial charge is 0.341 e. The standard InChI is InChI=1S/C20H24N4O3S2/c1-4-24-18-10-9-16(29(21,26)27)11-17(18)22-20(24)28-13-19(25)23(3)12-15-8-6-5-7-14(15)2/h5-11H,4,12-13H2,1-3H3,(H2,21,26,27). The van der Waals surface area contributed by atoms with E-state index in [1.54, 1.807) is 18.0 Å². The zero-order valence-electron chi connectivity index (χ0n) is 16.6. The fourth-order valence-electron chi connectivity index (χ4n) is 3.05. The number of thioether (sulfide) groups is 1. The number of benzene rings is 2. The van der Waals surface area contributed by atoms with Crippen molar-refractivity contribution < 1.29 is 13.2 Å². The average Bonchev–Trinajstić information content (AvgIpc) is 3.03. The Hall–Kier alpha value is -2.36. The number of nitrogens with two attached hydrogens (primary N) is 1. The van der Waals surface area contributed by atoms with Crippen molar-refractivity contribution in [3.8, 4) is 0 Å². The fraction of sp³-hybridized carbons (Fsp3) is 0.300. The van der Waals surface area contributed by atoms with Gasteiger partial charge in [0.25, 0.3) is 0 Å². The lowest BCUT2D eigenvalue weighted by molar-refractivity contribution is -0.127. The molecule has 0 atom stereocenters. The van der Waals surface area contributed by atoms with Crippen molar-refractivity contribution >= 4 is 38.7 Å². The molecule has 0 bridgehead atoms. The predicted molar refractivity (Wildman–Crippen MR) is 115 cm³/mol. The van der Waals surface area contributed by atoms with Crippen molar-refractivity contribution in [3.63, 3.8) is 0 Å². The molecule has 1 aromatic heterocycles. The molecule has 0 radical (unpaired) electrons. The second-order valence-corrected chi connectivity index (χ2v) is 9.30. The molecule has 0 aliphatic heterocycles. The highest BCUT2D eigenvalue weighted by atomic mass is 32.2. The van der Waals surface area contributed by atoms with Gasteiger partial charge in [0, 0.05) is 20.1 Å². The molecule has 0 saturated carbocycles. The van der Waals surface area contributed by atoms with Gasteiger partial charge in [-0.05, 0) is 43.2 Å². The maximum absolute atomic E-state index is 12.6. The summed E-state index contributed by atoms with van der Waals surface area (Å²) in [5.41, 5.74) is 3.62. The molecule has 3 rings (SSSR count). The molecule has 2 N–H and O–H groups in total. The first-order valence-corrected chi connectivity index (χ1v) is 11.7. The van der Waals surface area contributed by atoms with Crippen molar-refractivity contribution in [2.75, 3.05) is 12.8 Å². The summed E-state index contributed by atoms with van der Waals surface area (Å²) < 4.78 is 25.1. The minimum absolute atomic E-state index is 0.00168. The van der Waals surface area contributed by atoms with Gasteiger partial charge in [0.15, 0.2) is 5.16 Å². The van der Waals surface area contributed by atoms with Crippen molar-refractivity contribution in [2.45, 2.75) is 37.0 Å². The normalized spacial score (nSPS) is 11.7. The first-order chi connectivity index (χ1) is 13.7. The number of carbonyl (C=O) groups is 1. The number of hydrogen-bond acceptors (Lipinski definition) is 5. The van der Waals surface area contributed by atoms with Gasteiger partial charge in [-0.15, -0.1) is 0 Å². The van der Waals surface area contributed by atoms with E-state index in [1.807, 2.05) is 42.7 Å². The highest BCUT2D eigenvalue weighted by Crippen LogP contribution is 2.26. The Morgan fingerprint density at radius 1 is 1.24 bits per heavy atom. The summed E-state index contributed by atoms with van der Waals surface area (Å²) >= 11 is 1.34. The van der Waals surface area contributed by atoms with Gasteiger partial charge in [0.05, 0.1) is 21.7 Å². The molecule has 0 aliphatic rings. The molecule has 1 amide bonds. The predicted octanol–water partition coefficient (Wildman–Crippen LogP) is 2.76. The van der Waals surface area contributed by atoms with Crippen molar-refractivity contribution in [1.82, 2.24) is 14.5 Å². The molecule has 3 aromatic rings. The summed E-state index contributed by atoms with van der Waals surface area (Å²) in [7, 11) is -2.00. The maximum Gasteiger partial charge on any atom is 0.238 e. The van der Waals surface area contributed by atoms with Crippen LogP contribution in [0.5, 0.6) is 0 Å². The van der Waals surface area contributed by atoms with Gasteiger partial charge in [-0.2, -0.15) is 0 Å². The van der Waals surface area contributed by atoms with Crippen LogP contribution in [0.2, 0.25) is 0 Å². The number of aryl methyl sites for hydroxylation is 2. The molecular weight excluding hydrogens is 408 g/mol. The second-order valence-electron chi connectivity index (χ2n) is 6.80. The molecule has 9 heteroatoms. The lowest BCUT2D eigenvalue weighted by Crippen LogP contribution is -2.28. The Morgan fingerprint density at radius 3 is 2.62 bits per heavy atom. The summed E-state index contributed by atoms with van der Waals surface area (Å²) in [6, 6.07) is 12.6. The number of imidazole rings is 1. The van der Waals surface area contributed by atoms with E-state index in [0.717, 1.165) is 16.6 Å². The molecule has 1 heterocycles.